The molecule has 1 amide bonds. The second-order valence-electron chi connectivity index (χ2n) is 6.83. The van der Waals surface area contributed by atoms with Crippen molar-refractivity contribution in [3.05, 3.63) is 46.8 Å². The molecule has 5 heteroatoms. The third kappa shape index (κ3) is 4.03. The number of aliphatic hydroxyl groups is 1. The Bertz CT molecular complexity index is 719. The maximum Gasteiger partial charge on any atom is 0.255 e. The Morgan fingerprint density at radius 1 is 1.29 bits per heavy atom. The molecule has 2 aromatic rings. The zero-order chi connectivity index (χ0) is 17.9. The molecule has 0 spiro atoms. The molecule has 2 N–H and O–H groups in total. The highest BCUT2D eigenvalue weighted by Crippen LogP contribution is 2.19. The van der Waals surface area contributed by atoms with Crippen LogP contribution in [0.5, 0.6) is 0 Å². The Morgan fingerprint density at radius 3 is 2.62 bits per heavy atom. The molecule has 1 aromatic heterocycles. The minimum Gasteiger partial charge on any atom is -0.394 e. The van der Waals surface area contributed by atoms with Crippen LogP contribution in [-0.2, 0) is 0 Å². The van der Waals surface area contributed by atoms with Gasteiger partial charge in [-0.15, -0.1) is 0 Å². The molecule has 0 bridgehead atoms. The van der Waals surface area contributed by atoms with Crippen molar-refractivity contribution in [3.8, 4) is 5.69 Å². The van der Waals surface area contributed by atoms with Crippen LogP contribution in [0.25, 0.3) is 5.69 Å². The highest BCUT2D eigenvalue weighted by Gasteiger charge is 2.19. The summed E-state index contributed by atoms with van der Waals surface area (Å²) in [7, 11) is 0. The van der Waals surface area contributed by atoms with Crippen molar-refractivity contribution >= 4 is 5.91 Å². The van der Waals surface area contributed by atoms with Gasteiger partial charge in [-0.05, 0) is 50.3 Å². The van der Waals surface area contributed by atoms with Gasteiger partial charge in [-0.1, -0.05) is 26.0 Å². The van der Waals surface area contributed by atoms with Crippen molar-refractivity contribution in [2.45, 2.75) is 47.1 Å². The van der Waals surface area contributed by atoms with Crippen LogP contribution in [0.4, 0.5) is 0 Å². The molecule has 24 heavy (non-hydrogen) atoms. The molecule has 0 saturated carbocycles. The summed E-state index contributed by atoms with van der Waals surface area (Å²) in [6.45, 7) is 10.0. The van der Waals surface area contributed by atoms with Gasteiger partial charge in [0.2, 0.25) is 0 Å². The maximum atomic E-state index is 12.5. The average molecular weight is 329 g/mol. The predicted molar refractivity (Wildman–Crippen MR) is 95.6 cm³/mol. The topological polar surface area (TPSA) is 67.2 Å². The molecule has 1 unspecified atom stereocenters. The summed E-state index contributed by atoms with van der Waals surface area (Å²) in [5, 5.41) is 16.8. The zero-order valence-electron chi connectivity index (χ0n) is 15.1. The van der Waals surface area contributed by atoms with Gasteiger partial charge in [0.15, 0.2) is 0 Å². The number of aromatic nitrogens is 2. The lowest BCUT2D eigenvalue weighted by Crippen LogP contribution is -2.38. The molecule has 1 aromatic carbocycles. The van der Waals surface area contributed by atoms with Gasteiger partial charge < -0.3 is 10.4 Å². The highest BCUT2D eigenvalue weighted by atomic mass is 16.3. The van der Waals surface area contributed by atoms with Crippen molar-refractivity contribution in [2.75, 3.05) is 6.61 Å². The quantitative estimate of drug-likeness (QED) is 0.856. The van der Waals surface area contributed by atoms with E-state index in [0.717, 1.165) is 28.9 Å². The number of amides is 1. The number of aliphatic hydroxyl groups excluding tert-OH is 1. The fourth-order valence-electron chi connectivity index (χ4n) is 2.83. The number of carbonyl (C=O) groups is 1. The monoisotopic (exact) mass is 329 g/mol. The molecule has 0 saturated heterocycles. The number of rotatable bonds is 6. The Kier molecular flexibility index (Phi) is 5.78. The van der Waals surface area contributed by atoms with Gasteiger partial charge in [-0.2, -0.15) is 5.10 Å². The van der Waals surface area contributed by atoms with Crippen LogP contribution in [0.1, 0.15) is 47.4 Å². The third-order valence-corrected chi connectivity index (χ3v) is 4.16. The summed E-state index contributed by atoms with van der Waals surface area (Å²) in [6.07, 6.45) is 2.34. The number of hydrogen-bond acceptors (Lipinski definition) is 3. The van der Waals surface area contributed by atoms with Crippen LogP contribution in [0.15, 0.2) is 24.4 Å². The van der Waals surface area contributed by atoms with E-state index in [1.807, 2.05) is 20.8 Å². The van der Waals surface area contributed by atoms with Crippen molar-refractivity contribution in [1.82, 2.24) is 15.1 Å². The molecule has 1 heterocycles. The number of nitrogens with zero attached hydrogens (tertiary/aromatic N) is 2. The third-order valence-electron chi connectivity index (χ3n) is 4.16. The maximum absolute atomic E-state index is 12.5. The van der Waals surface area contributed by atoms with Crippen LogP contribution in [0.2, 0.25) is 0 Å². The normalized spacial score (nSPS) is 12.5. The Labute approximate surface area is 143 Å². The van der Waals surface area contributed by atoms with Gasteiger partial charge >= 0.3 is 0 Å². The van der Waals surface area contributed by atoms with Crippen LogP contribution >= 0.6 is 0 Å². The second kappa shape index (κ2) is 7.62. The molecule has 1 atom stereocenters. The molecule has 130 valence electrons. The van der Waals surface area contributed by atoms with E-state index in [1.54, 1.807) is 10.9 Å². The second-order valence-corrected chi connectivity index (χ2v) is 6.83. The molecular formula is C19H27N3O2. The Hall–Kier alpha value is -2.14. The standard InChI is InChI=1S/C19H27N3O2/c1-12(2)8-16(11-23)21-19(24)17-10-20-22(15(17)5)18-9-13(3)6-7-14(18)4/h6-7,9-10,12,16,23H,8,11H2,1-5H3,(H,21,24). The summed E-state index contributed by atoms with van der Waals surface area (Å²) in [4.78, 5) is 12.5. The van der Waals surface area contributed by atoms with Gasteiger partial charge in [-0.3, -0.25) is 4.79 Å². The Morgan fingerprint density at radius 2 is 2.00 bits per heavy atom. The summed E-state index contributed by atoms with van der Waals surface area (Å²) in [5.41, 5.74) is 4.56. The van der Waals surface area contributed by atoms with E-state index in [4.69, 9.17) is 0 Å². The van der Waals surface area contributed by atoms with Crippen molar-refractivity contribution in [1.29, 1.82) is 0 Å². The number of nitrogens with one attached hydrogen (secondary N) is 1. The molecule has 0 aliphatic carbocycles. The lowest BCUT2D eigenvalue weighted by Gasteiger charge is -2.18. The van der Waals surface area contributed by atoms with Gasteiger partial charge in [0.1, 0.15) is 0 Å². The summed E-state index contributed by atoms with van der Waals surface area (Å²) in [5.74, 6) is 0.213. The lowest BCUT2D eigenvalue weighted by atomic mass is 10.0. The molecule has 5 nitrogen and oxygen atoms in total. The first-order valence-electron chi connectivity index (χ1n) is 8.37. The van der Waals surface area contributed by atoms with Gasteiger partial charge in [0.05, 0.1) is 35.8 Å². The van der Waals surface area contributed by atoms with E-state index in [-0.39, 0.29) is 18.6 Å². The molecule has 2 rings (SSSR count). The molecule has 0 radical (unpaired) electrons. The molecular weight excluding hydrogens is 302 g/mol. The molecule has 0 fully saturated rings. The molecule has 0 aliphatic rings. The van der Waals surface area contributed by atoms with E-state index in [1.165, 1.54) is 0 Å². The van der Waals surface area contributed by atoms with Gasteiger partial charge in [0.25, 0.3) is 5.91 Å². The largest absolute Gasteiger partial charge is 0.394 e. The van der Waals surface area contributed by atoms with Crippen LogP contribution in [-0.4, -0.2) is 33.4 Å². The number of carbonyl (C=O) groups excluding carboxylic acids is 1. The van der Waals surface area contributed by atoms with E-state index in [9.17, 15) is 9.90 Å². The smallest absolute Gasteiger partial charge is 0.255 e. The summed E-state index contributed by atoms with van der Waals surface area (Å²) >= 11 is 0. The SMILES string of the molecule is Cc1ccc(C)c(-n2ncc(C(=O)NC(CO)CC(C)C)c2C)c1. The van der Waals surface area contributed by atoms with E-state index >= 15 is 0 Å². The minimum absolute atomic E-state index is 0.0614. The fraction of sp³-hybridized carbons (Fsp3) is 0.474. The van der Waals surface area contributed by atoms with Crippen LogP contribution < -0.4 is 5.32 Å². The Balaban J connectivity index is 2.26. The first kappa shape index (κ1) is 18.2. The van der Waals surface area contributed by atoms with Crippen LogP contribution in [0.3, 0.4) is 0 Å². The number of hydrogen-bond donors (Lipinski definition) is 2. The predicted octanol–water partition coefficient (Wildman–Crippen LogP) is 2.93. The number of benzene rings is 1. The number of aryl methyl sites for hydroxylation is 2. The van der Waals surface area contributed by atoms with Gasteiger partial charge in [0, 0.05) is 0 Å². The fourth-order valence-corrected chi connectivity index (χ4v) is 2.83. The highest BCUT2D eigenvalue weighted by molar-refractivity contribution is 5.95. The van der Waals surface area contributed by atoms with Crippen molar-refractivity contribution in [3.63, 3.8) is 0 Å². The van der Waals surface area contributed by atoms with E-state index in [2.05, 4.69) is 42.5 Å². The zero-order valence-corrected chi connectivity index (χ0v) is 15.1. The minimum atomic E-state index is -0.235. The average Bonchev–Trinajstić information content (AvgIpc) is 2.90. The first-order chi connectivity index (χ1) is 11.3. The van der Waals surface area contributed by atoms with E-state index < -0.39 is 0 Å². The lowest BCUT2D eigenvalue weighted by molar-refractivity contribution is 0.0907. The summed E-state index contributed by atoms with van der Waals surface area (Å²) in [6, 6.07) is 5.94. The molecule has 0 aliphatic heterocycles. The van der Waals surface area contributed by atoms with E-state index in [0.29, 0.717) is 11.5 Å². The van der Waals surface area contributed by atoms with Gasteiger partial charge in [-0.25, -0.2) is 4.68 Å². The van der Waals surface area contributed by atoms with Crippen LogP contribution in [0, 0.1) is 26.7 Å². The van der Waals surface area contributed by atoms with Crippen molar-refractivity contribution < 1.29 is 9.90 Å². The van der Waals surface area contributed by atoms with Crippen molar-refractivity contribution in [2.24, 2.45) is 5.92 Å². The summed E-state index contributed by atoms with van der Waals surface area (Å²) < 4.78 is 1.80. The first-order valence-corrected chi connectivity index (χ1v) is 8.37.